The van der Waals surface area contributed by atoms with Crippen LogP contribution in [0.4, 0.5) is 13.2 Å². The lowest BCUT2D eigenvalue weighted by Crippen LogP contribution is -2.30. The standard InChI is InChI=1S/C18H14BrF3O3S2/c19-12-8-10(2-4-13(12)20)16(23)17(26-6-1-7-27-17)11-3-5-14-15(9-11)25-18(21,22)24-14/h2-5,8-9,16,23H,1,6-7H2. The summed E-state index contributed by atoms with van der Waals surface area (Å²) in [4.78, 5) is 0. The number of rotatable bonds is 3. The van der Waals surface area contributed by atoms with Gasteiger partial charge in [0.05, 0.1) is 4.47 Å². The van der Waals surface area contributed by atoms with E-state index in [-0.39, 0.29) is 16.0 Å². The molecule has 2 aromatic rings. The molecule has 1 N–H and O–H groups in total. The number of thioether (sulfide) groups is 2. The summed E-state index contributed by atoms with van der Waals surface area (Å²) in [6, 6.07) is 8.94. The van der Waals surface area contributed by atoms with E-state index in [1.165, 1.54) is 24.3 Å². The summed E-state index contributed by atoms with van der Waals surface area (Å²) in [6.07, 6.45) is -3.70. The molecule has 3 nitrogen and oxygen atoms in total. The molecule has 2 aliphatic rings. The van der Waals surface area contributed by atoms with E-state index in [1.54, 1.807) is 35.7 Å². The van der Waals surface area contributed by atoms with Crippen molar-refractivity contribution in [2.75, 3.05) is 11.5 Å². The van der Waals surface area contributed by atoms with E-state index < -0.39 is 22.3 Å². The first-order chi connectivity index (χ1) is 12.8. The molecule has 1 atom stereocenters. The lowest BCUT2D eigenvalue weighted by molar-refractivity contribution is -0.286. The Morgan fingerprint density at radius 1 is 1.04 bits per heavy atom. The fraction of sp³-hybridized carbons (Fsp3) is 0.333. The largest absolute Gasteiger partial charge is 0.586 e. The third-order valence-corrected chi connectivity index (χ3v) is 8.42. The first kappa shape index (κ1) is 19.3. The van der Waals surface area contributed by atoms with Crippen LogP contribution in [0.5, 0.6) is 11.5 Å². The van der Waals surface area contributed by atoms with Crippen LogP contribution < -0.4 is 9.47 Å². The summed E-state index contributed by atoms with van der Waals surface area (Å²) in [6.45, 7) is 0. The Morgan fingerprint density at radius 3 is 2.44 bits per heavy atom. The van der Waals surface area contributed by atoms with Gasteiger partial charge in [0.2, 0.25) is 0 Å². The molecule has 0 saturated carbocycles. The van der Waals surface area contributed by atoms with Crippen molar-refractivity contribution in [2.45, 2.75) is 22.9 Å². The monoisotopic (exact) mass is 478 g/mol. The summed E-state index contributed by atoms with van der Waals surface area (Å²) in [5.41, 5.74) is 1.18. The van der Waals surface area contributed by atoms with Crippen molar-refractivity contribution in [2.24, 2.45) is 0 Å². The summed E-state index contributed by atoms with van der Waals surface area (Å²) in [5, 5.41) is 11.2. The first-order valence-electron chi connectivity index (χ1n) is 8.12. The van der Waals surface area contributed by atoms with Gasteiger partial charge in [0.15, 0.2) is 11.5 Å². The molecule has 0 aromatic heterocycles. The molecule has 0 spiro atoms. The number of aliphatic hydroxyl groups is 1. The second-order valence-corrected chi connectivity index (χ2v) is 9.92. The van der Waals surface area contributed by atoms with Gasteiger partial charge in [0.25, 0.3) is 0 Å². The zero-order valence-electron chi connectivity index (χ0n) is 13.8. The van der Waals surface area contributed by atoms with Crippen LogP contribution in [0.1, 0.15) is 23.7 Å². The van der Waals surface area contributed by atoms with E-state index in [1.807, 2.05) is 0 Å². The second-order valence-electron chi connectivity index (χ2n) is 6.12. The number of benzene rings is 2. The minimum atomic E-state index is -3.69. The summed E-state index contributed by atoms with van der Waals surface area (Å²) in [7, 11) is 0. The van der Waals surface area contributed by atoms with E-state index in [0.29, 0.717) is 11.1 Å². The molecule has 1 unspecified atom stereocenters. The molecular formula is C18H14BrF3O3S2. The minimum absolute atomic E-state index is 0.0382. The highest BCUT2D eigenvalue weighted by Crippen LogP contribution is 2.59. The number of ether oxygens (including phenoxy) is 2. The van der Waals surface area contributed by atoms with E-state index >= 15 is 0 Å². The molecule has 2 aromatic carbocycles. The third kappa shape index (κ3) is 3.54. The highest BCUT2D eigenvalue weighted by molar-refractivity contribution is 9.10. The zero-order valence-corrected chi connectivity index (χ0v) is 17.0. The van der Waals surface area contributed by atoms with Crippen molar-refractivity contribution in [1.82, 2.24) is 0 Å². The van der Waals surface area contributed by atoms with Crippen LogP contribution in [0.25, 0.3) is 0 Å². The number of halogens is 4. The Kier molecular flexibility index (Phi) is 5.07. The predicted octanol–water partition coefficient (Wildman–Crippen LogP) is 5.67. The third-order valence-electron chi connectivity index (χ3n) is 4.34. The predicted molar refractivity (Wildman–Crippen MR) is 103 cm³/mol. The molecule has 2 aliphatic heterocycles. The number of alkyl halides is 2. The molecule has 9 heteroatoms. The van der Waals surface area contributed by atoms with Crippen molar-refractivity contribution in [3.63, 3.8) is 0 Å². The molecule has 1 fully saturated rings. The first-order valence-corrected chi connectivity index (χ1v) is 10.9. The van der Waals surface area contributed by atoms with Crippen LogP contribution in [0, 0.1) is 5.82 Å². The van der Waals surface area contributed by atoms with Gasteiger partial charge < -0.3 is 14.6 Å². The fourth-order valence-electron chi connectivity index (χ4n) is 3.10. The topological polar surface area (TPSA) is 38.7 Å². The Morgan fingerprint density at radius 2 is 1.74 bits per heavy atom. The van der Waals surface area contributed by atoms with Gasteiger partial charge in [-0.2, -0.15) is 0 Å². The van der Waals surface area contributed by atoms with Crippen LogP contribution in [0.15, 0.2) is 40.9 Å². The smallest absolute Gasteiger partial charge is 0.395 e. The number of hydrogen-bond donors (Lipinski definition) is 1. The zero-order chi connectivity index (χ0) is 19.2. The van der Waals surface area contributed by atoms with Crippen molar-refractivity contribution in [1.29, 1.82) is 0 Å². The molecule has 1 saturated heterocycles. The van der Waals surface area contributed by atoms with Crippen LogP contribution in [-0.4, -0.2) is 22.9 Å². The van der Waals surface area contributed by atoms with E-state index in [9.17, 15) is 18.3 Å². The maximum Gasteiger partial charge on any atom is 0.586 e. The van der Waals surface area contributed by atoms with E-state index in [2.05, 4.69) is 25.4 Å². The fourth-order valence-corrected chi connectivity index (χ4v) is 6.87. The highest BCUT2D eigenvalue weighted by Gasteiger charge is 2.47. The number of aliphatic hydroxyl groups excluding tert-OH is 1. The van der Waals surface area contributed by atoms with Gasteiger partial charge in [-0.3, -0.25) is 0 Å². The highest BCUT2D eigenvalue weighted by atomic mass is 79.9. The van der Waals surface area contributed by atoms with Gasteiger partial charge in [0.1, 0.15) is 16.0 Å². The summed E-state index contributed by atoms with van der Waals surface area (Å²) in [5.74, 6) is 1.09. The minimum Gasteiger partial charge on any atom is -0.395 e. The van der Waals surface area contributed by atoms with Crippen molar-refractivity contribution in [3.05, 3.63) is 57.8 Å². The van der Waals surface area contributed by atoms with Crippen LogP contribution in [0.2, 0.25) is 0 Å². The Bertz CT molecular complexity index is 875. The molecule has 0 radical (unpaired) electrons. The van der Waals surface area contributed by atoms with Gasteiger partial charge in [0, 0.05) is 0 Å². The SMILES string of the molecule is OC(c1ccc(F)c(Br)c1)C1(c2ccc3c(c2)OC(F)(F)O3)SCCCS1. The van der Waals surface area contributed by atoms with Crippen molar-refractivity contribution < 1.29 is 27.8 Å². The Balaban J connectivity index is 1.76. The van der Waals surface area contributed by atoms with Gasteiger partial charge in [-0.1, -0.05) is 12.1 Å². The number of fused-ring (bicyclic) bond motifs is 1. The van der Waals surface area contributed by atoms with Gasteiger partial charge in [-0.15, -0.1) is 32.3 Å². The summed E-state index contributed by atoms with van der Waals surface area (Å²) < 4.78 is 48.8. The molecule has 144 valence electrons. The van der Waals surface area contributed by atoms with E-state index in [4.69, 9.17) is 0 Å². The van der Waals surface area contributed by atoms with Crippen molar-refractivity contribution in [3.8, 4) is 11.5 Å². The number of hydrogen-bond acceptors (Lipinski definition) is 5. The van der Waals surface area contributed by atoms with E-state index in [0.717, 1.165) is 17.9 Å². The lowest BCUT2D eigenvalue weighted by atomic mass is 9.99. The maximum absolute atomic E-state index is 13.6. The molecule has 2 heterocycles. The van der Waals surface area contributed by atoms with Gasteiger partial charge in [-0.05, 0) is 69.2 Å². The average molecular weight is 479 g/mol. The Labute approximate surface area is 170 Å². The second kappa shape index (κ2) is 7.09. The normalized spacial score (nSPS) is 21.1. The maximum atomic E-state index is 13.6. The Hall–Kier alpha value is -1.03. The molecular weight excluding hydrogens is 465 g/mol. The molecule has 4 rings (SSSR count). The van der Waals surface area contributed by atoms with Gasteiger partial charge in [-0.25, -0.2) is 4.39 Å². The molecule has 0 amide bonds. The quantitative estimate of drug-likeness (QED) is 0.615. The summed E-state index contributed by atoms with van der Waals surface area (Å²) >= 11 is 6.23. The average Bonchev–Trinajstić information content (AvgIpc) is 2.96. The lowest BCUT2D eigenvalue weighted by Gasteiger charge is -2.40. The molecule has 0 aliphatic carbocycles. The molecule has 27 heavy (non-hydrogen) atoms. The van der Waals surface area contributed by atoms with Crippen LogP contribution in [0.3, 0.4) is 0 Å². The van der Waals surface area contributed by atoms with Crippen LogP contribution in [-0.2, 0) is 4.08 Å². The van der Waals surface area contributed by atoms with Gasteiger partial charge >= 0.3 is 6.29 Å². The van der Waals surface area contributed by atoms with Crippen LogP contribution >= 0.6 is 39.5 Å². The van der Waals surface area contributed by atoms with Crippen molar-refractivity contribution >= 4 is 39.5 Å². The molecule has 0 bridgehead atoms.